The number of fused-ring (bicyclic) bond motifs is 1. The molecular formula is C14H13NO2. The fourth-order valence-corrected chi connectivity index (χ4v) is 2.04. The molecule has 3 heteroatoms. The van der Waals surface area contributed by atoms with Gasteiger partial charge in [0.05, 0.1) is 0 Å². The maximum Gasteiger partial charge on any atom is 0.261 e. The number of hydrogen-bond donors (Lipinski definition) is 0. The van der Waals surface area contributed by atoms with E-state index in [1.54, 1.807) is 18.2 Å². The molecule has 0 unspecified atom stereocenters. The summed E-state index contributed by atoms with van der Waals surface area (Å²) >= 11 is 0. The van der Waals surface area contributed by atoms with Crippen molar-refractivity contribution in [3.05, 3.63) is 53.6 Å². The third kappa shape index (κ3) is 1.60. The fourth-order valence-electron chi connectivity index (χ4n) is 2.04. The van der Waals surface area contributed by atoms with E-state index in [4.69, 9.17) is 0 Å². The topological polar surface area (TPSA) is 37.4 Å². The second-order valence-electron chi connectivity index (χ2n) is 3.98. The van der Waals surface area contributed by atoms with Crippen molar-refractivity contribution in [2.24, 2.45) is 0 Å². The molecule has 17 heavy (non-hydrogen) atoms. The Kier molecular flexibility index (Phi) is 2.68. The molecule has 1 heterocycles. The monoisotopic (exact) mass is 227 g/mol. The first-order valence-corrected chi connectivity index (χ1v) is 5.33. The number of benzene rings is 1. The zero-order valence-corrected chi connectivity index (χ0v) is 9.86. The van der Waals surface area contributed by atoms with Gasteiger partial charge >= 0.3 is 0 Å². The first-order valence-electron chi connectivity index (χ1n) is 5.33. The maximum absolute atomic E-state index is 12.0. The van der Waals surface area contributed by atoms with Crippen LogP contribution in [0.4, 0.5) is 0 Å². The number of nitrogens with zero attached hydrogens (tertiary/aromatic N) is 1. The van der Waals surface area contributed by atoms with Gasteiger partial charge in [0, 0.05) is 23.7 Å². The van der Waals surface area contributed by atoms with E-state index in [0.717, 1.165) is 16.0 Å². The summed E-state index contributed by atoms with van der Waals surface area (Å²) in [6, 6.07) is 5.45. The van der Waals surface area contributed by atoms with E-state index >= 15 is 0 Å². The van der Waals surface area contributed by atoms with Gasteiger partial charge in [0.2, 0.25) is 0 Å². The number of aryl methyl sites for hydroxylation is 1. The molecule has 1 aliphatic heterocycles. The van der Waals surface area contributed by atoms with Crippen molar-refractivity contribution >= 4 is 17.4 Å². The van der Waals surface area contributed by atoms with Gasteiger partial charge in [0.25, 0.3) is 11.8 Å². The van der Waals surface area contributed by atoms with Crippen LogP contribution in [-0.4, -0.2) is 23.8 Å². The standard InChI is InChI=1S/C14H13NO2/c1-4-6-10-12-9(2)7-5-8-11(12)14(17)15(3)13(10)16/h4-8H,1H2,2-3H3/b10-6+. The number of carbonyl (C=O) groups excluding carboxylic acids is 2. The number of imide groups is 1. The molecule has 1 aromatic carbocycles. The zero-order valence-electron chi connectivity index (χ0n) is 9.86. The summed E-state index contributed by atoms with van der Waals surface area (Å²) in [6.45, 7) is 5.49. The van der Waals surface area contributed by atoms with Gasteiger partial charge in [-0.05, 0) is 24.6 Å². The van der Waals surface area contributed by atoms with Gasteiger partial charge in [0.1, 0.15) is 0 Å². The van der Waals surface area contributed by atoms with Crippen molar-refractivity contribution < 1.29 is 9.59 Å². The van der Waals surface area contributed by atoms with Crippen LogP contribution in [-0.2, 0) is 4.79 Å². The van der Waals surface area contributed by atoms with Crippen LogP contribution in [0.1, 0.15) is 21.5 Å². The molecule has 1 aliphatic rings. The second-order valence-corrected chi connectivity index (χ2v) is 3.98. The Bertz CT molecular complexity index is 555. The summed E-state index contributed by atoms with van der Waals surface area (Å²) in [5.74, 6) is -0.536. The highest BCUT2D eigenvalue weighted by atomic mass is 16.2. The average molecular weight is 227 g/mol. The molecule has 0 N–H and O–H groups in total. The van der Waals surface area contributed by atoms with Gasteiger partial charge in [-0.25, -0.2) is 0 Å². The van der Waals surface area contributed by atoms with Crippen LogP contribution in [0.3, 0.4) is 0 Å². The Morgan fingerprint density at radius 3 is 2.59 bits per heavy atom. The highest BCUT2D eigenvalue weighted by Gasteiger charge is 2.32. The van der Waals surface area contributed by atoms with E-state index < -0.39 is 0 Å². The molecule has 0 radical (unpaired) electrons. The average Bonchev–Trinajstić information content (AvgIpc) is 2.32. The normalized spacial score (nSPS) is 17.3. The number of carbonyl (C=O) groups is 2. The van der Waals surface area contributed by atoms with E-state index in [1.165, 1.54) is 7.05 Å². The fraction of sp³-hybridized carbons (Fsp3) is 0.143. The molecule has 0 fully saturated rings. The molecule has 0 atom stereocenters. The summed E-state index contributed by atoms with van der Waals surface area (Å²) < 4.78 is 0. The summed E-state index contributed by atoms with van der Waals surface area (Å²) in [4.78, 5) is 25.1. The minimum Gasteiger partial charge on any atom is -0.277 e. The van der Waals surface area contributed by atoms with Crippen LogP contribution in [0.2, 0.25) is 0 Å². The van der Waals surface area contributed by atoms with Gasteiger partial charge in [-0.1, -0.05) is 24.8 Å². The van der Waals surface area contributed by atoms with E-state index in [-0.39, 0.29) is 11.8 Å². The predicted octanol–water partition coefficient (Wildman–Crippen LogP) is 2.18. The lowest BCUT2D eigenvalue weighted by Gasteiger charge is -2.26. The molecule has 0 aromatic heterocycles. The molecule has 0 spiro atoms. The SMILES string of the molecule is C=C/C=C1/C(=O)N(C)C(=O)c2cccc(C)c21. The molecule has 3 nitrogen and oxygen atoms in total. The summed E-state index contributed by atoms with van der Waals surface area (Å²) in [7, 11) is 1.49. The first-order chi connectivity index (χ1) is 8.07. The summed E-state index contributed by atoms with van der Waals surface area (Å²) in [6.07, 6.45) is 3.21. The van der Waals surface area contributed by atoms with Crippen LogP contribution in [0.15, 0.2) is 36.9 Å². The smallest absolute Gasteiger partial charge is 0.261 e. The van der Waals surface area contributed by atoms with E-state index in [9.17, 15) is 9.59 Å². The van der Waals surface area contributed by atoms with Gasteiger partial charge < -0.3 is 0 Å². The lowest BCUT2D eigenvalue weighted by molar-refractivity contribution is -0.121. The van der Waals surface area contributed by atoms with E-state index in [1.807, 2.05) is 19.1 Å². The largest absolute Gasteiger partial charge is 0.277 e. The van der Waals surface area contributed by atoms with E-state index in [2.05, 4.69) is 6.58 Å². The number of amides is 2. The number of allylic oxidation sites excluding steroid dienone is 2. The summed E-state index contributed by atoms with van der Waals surface area (Å²) in [5.41, 5.74) is 2.74. The zero-order chi connectivity index (χ0) is 12.6. The maximum atomic E-state index is 12.0. The number of likely N-dealkylation sites (N-methyl/N-ethyl adjacent to an activating group) is 1. The Hall–Kier alpha value is -2.16. The molecule has 0 saturated carbocycles. The Morgan fingerprint density at radius 1 is 1.24 bits per heavy atom. The van der Waals surface area contributed by atoms with Gasteiger partial charge in [-0.15, -0.1) is 0 Å². The highest BCUT2D eigenvalue weighted by molar-refractivity contribution is 6.31. The number of rotatable bonds is 1. The van der Waals surface area contributed by atoms with Gasteiger partial charge in [-0.3, -0.25) is 14.5 Å². The predicted molar refractivity (Wildman–Crippen MR) is 66.5 cm³/mol. The van der Waals surface area contributed by atoms with Crippen molar-refractivity contribution in [1.82, 2.24) is 4.90 Å². The van der Waals surface area contributed by atoms with Crippen molar-refractivity contribution in [2.75, 3.05) is 7.05 Å². The van der Waals surface area contributed by atoms with Crippen molar-refractivity contribution in [3.63, 3.8) is 0 Å². The third-order valence-corrected chi connectivity index (χ3v) is 2.90. The molecule has 1 aromatic rings. The van der Waals surface area contributed by atoms with Crippen molar-refractivity contribution in [3.8, 4) is 0 Å². The highest BCUT2D eigenvalue weighted by Crippen LogP contribution is 2.30. The third-order valence-electron chi connectivity index (χ3n) is 2.90. The lowest BCUT2D eigenvalue weighted by Crippen LogP contribution is -2.38. The molecular weight excluding hydrogens is 214 g/mol. The number of hydrogen-bond acceptors (Lipinski definition) is 2. The van der Waals surface area contributed by atoms with Gasteiger partial charge in [0.15, 0.2) is 0 Å². The molecule has 0 aliphatic carbocycles. The lowest BCUT2D eigenvalue weighted by atomic mass is 9.90. The quantitative estimate of drug-likeness (QED) is 0.544. The Balaban J connectivity index is 2.79. The Morgan fingerprint density at radius 2 is 1.94 bits per heavy atom. The molecule has 2 amide bonds. The minimum atomic E-state index is -0.281. The van der Waals surface area contributed by atoms with Crippen molar-refractivity contribution in [2.45, 2.75) is 6.92 Å². The van der Waals surface area contributed by atoms with E-state index in [0.29, 0.717) is 11.1 Å². The van der Waals surface area contributed by atoms with Crippen LogP contribution >= 0.6 is 0 Å². The van der Waals surface area contributed by atoms with Crippen LogP contribution < -0.4 is 0 Å². The molecule has 2 rings (SSSR count). The van der Waals surface area contributed by atoms with Crippen molar-refractivity contribution in [1.29, 1.82) is 0 Å². The Labute approximate surface area is 100 Å². The van der Waals surface area contributed by atoms with Crippen LogP contribution in [0.25, 0.3) is 5.57 Å². The minimum absolute atomic E-state index is 0.255. The van der Waals surface area contributed by atoms with Gasteiger partial charge in [-0.2, -0.15) is 0 Å². The molecule has 0 saturated heterocycles. The molecule has 86 valence electrons. The van der Waals surface area contributed by atoms with Crippen LogP contribution in [0, 0.1) is 6.92 Å². The second kappa shape index (κ2) is 4.01. The molecule has 0 bridgehead atoms. The summed E-state index contributed by atoms with van der Waals surface area (Å²) in [5, 5.41) is 0. The van der Waals surface area contributed by atoms with Crippen LogP contribution in [0.5, 0.6) is 0 Å². The first kappa shape index (κ1) is 11.3.